The van der Waals surface area contributed by atoms with E-state index in [4.69, 9.17) is 4.74 Å². The summed E-state index contributed by atoms with van der Waals surface area (Å²) in [4.78, 5) is 40.5. The van der Waals surface area contributed by atoms with Gasteiger partial charge in [-0.3, -0.25) is 29.5 Å². The standard InChI is InChI=1S/C17H15N5O4/c1-2-26-13(23)9-22-17(25)14-15-11(19-5-6-21-15)7-10(16(14)24)12-8-18-3-4-20-12/h3-8,24H,2,9H2,1H3,(H,22,25). The Kier molecular flexibility index (Phi) is 4.97. The van der Waals surface area contributed by atoms with Gasteiger partial charge in [-0.05, 0) is 13.0 Å². The minimum absolute atomic E-state index is 0.0967. The Bertz CT molecular complexity index is 962. The molecule has 3 aromatic rings. The van der Waals surface area contributed by atoms with Crippen molar-refractivity contribution in [3.05, 3.63) is 42.6 Å². The molecule has 132 valence electrons. The maximum absolute atomic E-state index is 12.6. The van der Waals surface area contributed by atoms with Crippen LogP contribution in [0.4, 0.5) is 0 Å². The van der Waals surface area contributed by atoms with Crippen LogP contribution in [0.2, 0.25) is 0 Å². The highest BCUT2D eigenvalue weighted by atomic mass is 16.5. The molecule has 0 saturated heterocycles. The largest absolute Gasteiger partial charge is 0.506 e. The fourth-order valence-electron chi connectivity index (χ4n) is 2.40. The second kappa shape index (κ2) is 7.51. The van der Waals surface area contributed by atoms with Gasteiger partial charge in [-0.25, -0.2) is 0 Å². The van der Waals surface area contributed by atoms with Crippen LogP contribution in [0.15, 0.2) is 37.1 Å². The van der Waals surface area contributed by atoms with E-state index < -0.39 is 11.9 Å². The van der Waals surface area contributed by atoms with Crippen LogP contribution in [0.1, 0.15) is 17.3 Å². The summed E-state index contributed by atoms with van der Waals surface area (Å²) in [5.41, 5.74) is 1.16. The van der Waals surface area contributed by atoms with Gasteiger partial charge in [0.2, 0.25) is 0 Å². The third kappa shape index (κ3) is 3.41. The molecule has 9 heteroatoms. The van der Waals surface area contributed by atoms with E-state index in [0.29, 0.717) is 11.2 Å². The van der Waals surface area contributed by atoms with E-state index in [1.54, 1.807) is 13.0 Å². The first-order valence-electron chi connectivity index (χ1n) is 7.78. The van der Waals surface area contributed by atoms with E-state index in [2.05, 4.69) is 25.3 Å². The van der Waals surface area contributed by atoms with Gasteiger partial charge >= 0.3 is 5.97 Å². The smallest absolute Gasteiger partial charge is 0.325 e. The van der Waals surface area contributed by atoms with Gasteiger partial charge in [0.1, 0.15) is 23.4 Å². The van der Waals surface area contributed by atoms with Crippen molar-refractivity contribution in [1.82, 2.24) is 25.3 Å². The third-order valence-corrected chi connectivity index (χ3v) is 3.50. The summed E-state index contributed by atoms with van der Waals surface area (Å²) < 4.78 is 4.78. The number of phenolic OH excluding ortho intramolecular Hbond substituents is 1. The first-order valence-corrected chi connectivity index (χ1v) is 7.78. The Labute approximate surface area is 148 Å². The van der Waals surface area contributed by atoms with Gasteiger partial charge < -0.3 is 15.2 Å². The van der Waals surface area contributed by atoms with Crippen LogP contribution in [-0.2, 0) is 9.53 Å². The summed E-state index contributed by atoms with van der Waals surface area (Å²) in [5.74, 6) is -1.58. The second-order valence-electron chi connectivity index (χ2n) is 5.15. The Hall–Kier alpha value is -3.62. The Balaban J connectivity index is 2.07. The molecular weight excluding hydrogens is 338 g/mol. The van der Waals surface area contributed by atoms with Crippen LogP contribution in [0.25, 0.3) is 22.3 Å². The van der Waals surface area contributed by atoms with Crippen LogP contribution < -0.4 is 5.32 Å². The number of benzene rings is 1. The second-order valence-corrected chi connectivity index (χ2v) is 5.15. The number of esters is 1. The van der Waals surface area contributed by atoms with Crippen LogP contribution in [0, 0.1) is 0 Å². The molecule has 0 atom stereocenters. The number of nitrogens with zero attached hydrogens (tertiary/aromatic N) is 4. The Morgan fingerprint density at radius 2 is 1.92 bits per heavy atom. The predicted octanol–water partition coefficient (Wildman–Crippen LogP) is 1.09. The minimum Gasteiger partial charge on any atom is -0.506 e. The number of nitrogens with one attached hydrogen (secondary N) is 1. The van der Waals surface area contributed by atoms with E-state index >= 15 is 0 Å². The molecule has 0 aliphatic rings. The molecule has 2 heterocycles. The molecule has 0 aliphatic heterocycles. The van der Waals surface area contributed by atoms with Crippen molar-refractivity contribution >= 4 is 22.9 Å². The normalized spacial score (nSPS) is 10.5. The Morgan fingerprint density at radius 3 is 2.65 bits per heavy atom. The van der Waals surface area contributed by atoms with Crippen molar-refractivity contribution in [2.24, 2.45) is 0 Å². The molecule has 0 aliphatic carbocycles. The van der Waals surface area contributed by atoms with Crippen LogP contribution >= 0.6 is 0 Å². The fraction of sp³-hybridized carbons (Fsp3) is 0.176. The molecule has 9 nitrogen and oxygen atoms in total. The van der Waals surface area contributed by atoms with Gasteiger partial charge in [0, 0.05) is 30.4 Å². The first kappa shape index (κ1) is 17.2. The van der Waals surface area contributed by atoms with Gasteiger partial charge in [0.25, 0.3) is 5.91 Å². The van der Waals surface area contributed by atoms with E-state index in [9.17, 15) is 14.7 Å². The molecule has 2 aromatic heterocycles. The number of aromatic nitrogens is 4. The lowest BCUT2D eigenvalue weighted by Gasteiger charge is -2.12. The quantitative estimate of drug-likeness (QED) is 0.652. The van der Waals surface area contributed by atoms with E-state index in [1.807, 2.05) is 0 Å². The zero-order chi connectivity index (χ0) is 18.5. The number of amides is 1. The molecule has 0 saturated carbocycles. The zero-order valence-electron chi connectivity index (χ0n) is 13.8. The summed E-state index contributed by atoms with van der Waals surface area (Å²) in [6.45, 7) is 1.54. The molecule has 26 heavy (non-hydrogen) atoms. The number of carbonyl (C=O) groups is 2. The van der Waals surface area contributed by atoms with E-state index in [-0.39, 0.29) is 35.5 Å². The van der Waals surface area contributed by atoms with Crippen LogP contribution in [-0.4, -0.2) is 50.1 Å². The minimum atomic E-state index is -0.674. The molecule has 2 N–H and O–H groups in total. The summed E-state index contributed by atoms with van der Waals surface area (Å²) >= 11 is 0. The SMILES string of the molecule is CCOC(=O)CNC(=O)c1c(O)c(-c2cnccn2)cc2nccnc12. The molecule has 0 spiro atoms. The van der Waals surface area contributed by atoms with E-state index in [0.717, 1.165) is 0 Å². The number of hydrogen-bond donors (Lipinski definition) is 2. The number of aromatic hydroxyl groups is 1. The lowest BCUT2D eigenvalue weighted by Crippen LogP contribution is -2.31. The third-order valence-electron chi connectivity index (χ3n) is 3.50. The molecule has 0 fully saturated rings. The van der Waals surface area contributed by atoms with E-state index in [1.165, 1.54) is 31.0 Å². The average molecular weight is 353 g/mol. The van der Waals surface area contributed by atoms with Crippen molar-refractivity contribution in [1.29, 1.82) is 0 Å². The fourth-order valence-corrected chi connectivity index (χ4v) is 2.40. The summed E-state index contributed by atoms with van der Waals surface area (Å²) in [7, 11) is 0. The number of hydrogen-bond acceptors (Lipinski definition) is 8. The highest BCUT2D eigenvalue weighted by molar-refractivity contribution is 6.10. The highest BCUT2D eigenvalue weighted by Gasteiger charge is 2.22. The number of carbonyl (C=O) groups excluding carboxylic acids is 2. The highest BCUT2D eigenvalue weighted by Crippen LogP contribution is 2.35. The number of phenols is 1. The maximum Gasteiger partial charge on any atom is 0.325 e. The lowest BCUT2D eigenvalue weighted by atomic mass is 10.0. The molecule has 1 amide bonds. The number of ether oxygens (including phenoxy) is 1. The predicted molar refractivity (Wildman–Crippen MR) is 91.2 cm³/mol. The monoisotopic (exact) mass is 353 g/mol. The van der Waals surface area contributed by atoms with Crippen molar-refractivity contribution in [3.63, 3.8) is 0 Å². The van der Waals surface area contributed by atoms with Gasteiger partial charge in [0.05, 0.1) is 24.0 Å². The molecule has 1 aromatic carbocycles. The maximum atomic E-state index is 12.6. The molecule has 0 unspecified atom stereocenters. The number of rotatable bonds is 5. The van der Waals surface area contributed by atoms with Gasteiger partial charge in [-0.2, -0.15) is 0 Å². The Morgan fingerprint density at radius 1 is 1.15 bits per heavy atom. The van der Waals surface area contributed by atoms with Crippen molar-refractivity contribution in [3.8, 4) is 17.0 Å². The van der Waals surface area contributed by atoms with Crippen LogP contribution in [0.5, 0.6) is 5.75 Å². The average Bonchev–Trinajstić information content (AvgIpc) is 2.66. The molecule has 0 bridgehead atoms. The van der Waals surface area contributed by atoms with Gasteiger partial charge in [0.15, 0.2) is 0 Å². The molecule has 0 radical (unpaired) electrons. The summed E-state index contributed by atoms with van der Waals surface area (Å²) in [5, 5.41) is 13.1. The topological polar surface area (TPSA) is 127 Å². The van der Waals surface area contributed by atoms with Gasteiger partial charge in [-0.15, -0.1) is 0 Å². The lowest BCUT2D eigenvalue weighted by molar-refractivity contribution is -0.141. The van der Waals surface area contributed by atoms with Crippen molar-refractivity contribution < 1.29 is 19.4 Å². The van der Waals surface area contributed by atoms with Gasteiger partial charge in [-0.1, -0.05) is 0 Å². The molecular formula is C17H15N5O4. The first-order chi connectivity index (χ1) is 12.6. The van der Waals surface area contributed by atoms with Crippen molar-refractivity contribution in [2.45, 2.75) is 6.92 Å². The summed E-state index contributed by atoms with van der Waals surface area (Å²) in [6, 6.07) is 1.57. The van der Waals surface area contributed by atoms with Crippen LogP contribution in [0.3, 0.4) is 0 Å². The van der Waals surface area contributed by atoms with Crippen molar-refractivity contribution in [2.75, 3.05) is 13.2 Å². The molecule has 3 rings (SSSR count). The zero-order valence-corrected chi connectivity index (χ0v) is 13.8. The summed E-state index contributed by atoms with van der Waals surface area (Å²) in [6.07, 6.45) is 7.30. The number of fused-ring (bicyclic) bond motifs is 1.